The van der Waals surface area contributed by atoms with Gasteiger partial charge in [-0.15, -0.1) is 0 Å². The van der Waals surface area contributed by atoms with Gasteiger partial charge in [0.05, 0.1) is 17.6 Å². The van der Waals surface area contributed by atoms with Crippen molar-refractivity contribution >= 4 is 26.7 Å². The highest BCUT2D eigenvalue weighted by Crippen LogP contribution is 2.47. The zero-order chi connectivity index (χ0) is 23.7. The van der Waals surface area contributed by atoms with Gasteiger partial charge in [-0.1, -0.05) is 12.1 Å². The summed E-state index contributed by atoms with van der Waals surface area (Å²) in [6, 6.07) is 13.5. The Morgan fingerprint density at radius 1 is 1.06 bits per heavy atom. The standard InChI is InChI=1S/C25H23FN2O5S/c1-32-19-8-2-15-3-11-21-23(22(15)12-19)33-25(27-24(21)29)13-17-6-7-18(14-25)28(17)34(30,31)20-9-4-16(26)5-10-20/h2-5,8-12,17-18H,6-7,13-14H2,1H3,(H,27,29). The van der Waals surface area contributed by atoms with Crippen molar-refractivity contribution in [3.63, 3.8) is 0 Å². The van der Waals surface area contributed by atoms with Crippen molar-refractivity contribution in [1.82, 2.24) is 9.62 Å². The maximum absolute atomic E-state index is 13.4. The number of benzene rings is 3. The van der Waals surface area contributed by atoms with Crippen LogP contribution in [0.2, 0.25) is 0 Å². The molecular formula is C25H23FN2O5S. The van der Waals surface area contributed by atoms with Gasteiger partial charge in [-0.05, 0) is 60.7 Å². The predicted octanol–water partition coefficient (Wildman–Crippen LogP) is 3.82. The van der Waals surface area contributed by atoms with Crippen LogP contribution in [0.1, 0.15) is 36.0 Å². The lowest BCUT2D eigenvalue weighted by Crippen LogP contribution is -2.64. The number of carbonyl (C=O) groups is 1. The van der Waals surface area contributed by atoms with Gasteiger partial charge in [-0.25, -0.2) is 12.8 Å². The minimum absolute atomic E-state index is 0.0683. The molecule has 3 aromatic rings. The van der Waals surface area contributed by atoms with Gasteiger partial charge in [0.2, 0.25) is 10.0 Å². The largest absolute Gasteiger partial charge is 0.497 e. The van der Waals surface area contributed by atoms with Crippen molar-refractivity contribution in [2.75, 3.05) is 7.11 Å². The van der Waals surface area contributed by atoms with Gasteiger partial charge in [-0.3, -0.25) is 4.79 Å². The Morgan fingerprint density at radius 2 is 1.74 bits per heavy atom. The molecule has 3 heterocycles. The first-order valence-corrected chi connectivity index (χ1v) is 12.7. The van der Waals surface area contributed by atoms with Gasteiger partial charge in [-0.2, -0.15) is 4.31 Å². The molecule has 34 heavy (non-hydrogen) atoms. The van der Waals surface area contributed by atoms with Gasteiger partial charge in [0.1, 0.15) is 17.3 Å². The number of amides is 1. The molecule has 0 aromatic heterocycles. The van der Waals surface area contributed by atoms with E-state index in [1.54, 1.807) is 13.2 Å². The number of fused-ring (bicyclic) bond motifs is 5. The quantitative estimate of drug-likeness (QED) is 0.614. The average Bonchev–Trinajstić information content (AvgIpc) is 3.12. The third-order valence-electron chi connectivity index (χ3n) is 7.14. The molecule has 2 saturated heterocycles. The fourth-order valence-corrected chi connectivity index (χ4v) is 7.52. The first-order chi connectivity index (χ1) is 16.3. The number of carbonyl (C=O) groups excluding carboxylic acids is 1. The smallest absolute Gasteiger partial charge is 0.258 e. The lowest BCUT2D eigenvalue weighted by atomic mass is 9.92. The van der Waals surface area contributed by atoms with E-state index in [1.165, 1.54) is 16.4 Å². The van der Waals surface area contributed by atoms with Crippen molar-refractivity contribution in [3.8, 4) is 11.5 Å². The van der Waals surface area contributed by atoms with Crippen molar-refractivity contribution in [2.24, 2.45) is 0 Å². The van der Waals surface area contributed by atoms with Crippen LogP contribution in [0, 0.1) is 5.82 Å². The van der Waals surface area contributed by atoms with E-state index in [0.717, 1.165) is 22.9 Å². The van der Waals surface area contributed by atoms with Gasteiger partial charge in [0.25, 0.3) is 5.91 Å². The van der Waals surface area contributed by atoms with E-state index in [9.17, 15) is 17.6 Å². The second-order valence-corrected chi connectivity index (χ2v) is 11.0. The molecule has 2 unspecified atom stereocenters. The number of sulfonamides is 1. The van der Waals surface area contributed by atoms with E-state index in [2.05, 4.69) is 5.32 Å². The zero-order valence-electron chi connectivity index (χ0n) is 18.5. The number of methoxy groups -OCH3 is 1. The fourth-order valence-electron chi connectivity index (χ4n) is 5.65. The van der Waals surface area contributed by atoms with Crippen molar-refractivity contribution in [3.05, 3.63) is 66.0 Å². The fraction of sp³-hybridized carbons (Fsp3) is 0.320. The van der Waals surface area contributed by atoms with Gasteiger partial charge < -0.3 is 14.8 Å². The number of halogens is 1. The van der Waals surface area contributed by atoms with E-state index < -0.39 is 21.6 Å². The summed E-state index contributed by atoms with van der Waals surface area (Å²) in [7, 11) is -2.22. The highest BCUT2D eigenvalue weighted by atomic mass is 32.2. The lowest BCUT2D eigenvalue weighted by Gasteiger charge is -2.47. The minimum atomic E-state index is -3.81. The molecule has 2 atom stereocenters. The number of hydrogen-bond acceptors (Lipinski definition) is 5. The summed E-state index contributed by atoms with van der Waals surface area (Å²) in [6.45, 7) is 0. The number of rotatable bonds is 3. The Kier molecular flexibility index (Phi) is 4.66. The number of hydrogen-bond donors (Lipinski definition) is 1. The number of nitrogens with zero attached hydrogens (tertiary/aromatic N) is 1. The molecule has 3 aliphatic heterocycles. The van der Waals surface area contributed by atoms with E-state index in [0.29, 0.717) is 42.7 Å². The van der Waals surface area contributed by atoms with Crippen LogP contribution in [-0.2, 0) is 10.0 Å². The van der Waals surface area contributed by atoms with Crippen molar-refractivity contribution in [2.45, 2.75) is 48.4 Å². The van der Waals surface area contributed by atoms with Crippen LogP contribution < -0.4 is 14.8 Å². The first kappa shape index (κ1) is 21.4. The Bertz CT molecular complexity index is 1410. The molecule has 1 N–H and O–H groups in total. The maximum atomic E-state index is 13.4. The molecule has 0 aliphatic carbocycles. The van der Waals surface area contributed by atoms with Crippen LogP contribution in [0.15, 0.2) is 59.5 Å². The highest BCUT2D eigenvalue weighted by molar-refractivity contribution is 7.89. The molecule has 176 valence electrons. The Morgan fingerprint density at radius 3 is 2.41 bits per heavy atom. The van der Waals surface area contributed by atoms with Crippen LogP contribution in [-0.4, -0.2) is 43.5 Å². The summed E-state index contributed by atoms with van der Waals surface area (Å²) >= 11 is 0. The third-order valence-corrected chi connectivity index (χ3v) is 9.15. The summed E-state index contributed by atoms with van der Waals surface area (Å²) in [5.74, 6) is 0.430. The van der Waals surface area contributed by atoms with Gasteiger partial charge in [0, 0.05) is 30.3 Å². The number of ether oxygens (including phenoxy) is 2. The Labute approximate surface area is 196 Å². The molecule has 2 bridgehead atoms. The summed E-state index contributed by atoms with van der Waals surface area (Å²) in [5, 5.41) is 4.74. The number of piperidine rings is 1. The van der Waals surface area contributed by atoms with Crippen LogP contribution in [0.3, 0.4) is 0 Å². The molecular weight excluding hydrogens is 459 g/mol. The molecule has 7 nitrogen and oxygen atoms in total. The molecule has 1 spiro atoms. The predicted molar refractivity (Wildman–Crippen MR) is 123 cm³/mol. The minimum Gasteiger partial charge on any atom is -0.497 e. The third kappa shape index (κ3) is 3.18. The van der Waals surface area contributed by atoms with Crippen molar-refractivity contribution in [1.29, 1.82) is 0 Å². The van der Waals surface area contributed by atoms with E-state index in [4.69, 9.17) is 9.47 Å². The van der Waals surface area contributed by atoms with Crippen LogP contribution >= 0.6 is 0 Å². The summed E-state index contributed by atoms with van der Waals surface area (Å²) in [4.78, 5) is 13.2. The van der Waals surface area contributed by atoms with E-state index >= 15 is 0 Å². The Hall–Kier alpha value is -3.17. The summed E-state index contributed by atoms with van der Waals surface area (Å²) < 4.78 is 53.6. The topological polar surface area (TPSA) is 84.9 Å². The molecule has 0 radical (unpaired) electrons. The molecule has 3 aliphatic rings. The van der Waals surface area contributed by atoms with E-state index in [1.807, 2.05) is 24.3 Å². The lowest BCUT2D eigenvalue weighted by molar-refractivity contribution is -0.0347. The van der Waals surface area contributed by atoms with Crippen LogP contribution in [0.5, 0.6) is 11.5 Å². The maximum Gasteiger partial charge on any atom is 0.258 e. The average molecular weight is 483 g/mol. The molecule has 0 saturated carbocycles. The first-order valence-electron chi connectivity index (χ1n) is 11.2. The second kappa shape index (κ2) is 7.41. The molecule has 2 fully saturated rings. The number of nitrogens with one attached hydrogen (secondary N) is 1. The summed E-state index contributed by atoms with van der Waals surface area (Å²) in [6.07, 6.45) is 2.00. The SMILES string of the molecule is COc1ccc2ccc3c(c2c1)OC1(CC2CCC(C1)N2S(=O)(=O)c1ccc(F)cc1)NC3=O. The Balaban J connectivity index is 1.37. The highest BCUT2D eigenvalue weighted by Gasteiger charge is 2.56. The van der Waals surface area contributed by atoms with Crippen LogP contribution in [0.4, 0.5) is 4.39 Å². The van der Waals surface area contributed by atoms with Crippen LogP contribution in [0.25, 0.3) is 10.8 Å². The van der Waals surface area contributed by atoms with Gasteiger partial charge >= 0.3 is 0 Å². The second-order valence-electron chi connectivity index (χ2n) is 9.16. The molecule has 6 rings (SSSR count). The molecule has 1 amide bonds. The molecule has 3 aromatic carbocycles. The van der Waals surface area contributed by atoms with E-state index in [-0.39, 0.29) is 22.9 Å². The normalized spacial score (nSPS) is 26.2. The molecule has 9 heteroatoms. The zero-order valence-corrected chi connectivity index (χ0v) is 19.3. The van der Waals surface area contributed by atoms with Crippen molar-refractivity contribution < 1.29 is 27.1 Å². The van der Waals surface area contributed by atoms with Gasteiger partial charge in [0.15, 0.2) is 5.72 Å². The monoisotopic (exact) mass is 482 g/mol. The summed E-state index contributed by atoms with van der Waals surface area (Å²) in [5.41, 5.74) is -0.553.